The Morgan fingerprint density at radius 1 is 1.29 bits per heavy atom. The van der Waals surface area contributed by atoms with Crippen molar-refractivity contribution in [3.8, 4) is 0 Å². The summed E-state index contributed by atoms with van der Waals surface area (Å²) in [5.41, 5.74) is 2.08. The van der Waals surface area contributed by atoms with Crippen molar-refractivity contribution in [2.75, 3.05) is 13.2 Å². The Bertz CT molecular complexity index is 403. The third-order valence-corrected chi connectivity index (χ3v) is 5.29. The fourth-order valence-corrected chi connectivity index (χ4v) is 4.33. The molecule has 0 N–H and O–H groups in total. The fourth-order valence-electron chi connectivity index (χ4n) is 4.33. The molecule has 4 aliphatic rings. The molecule has 3 fully saturated rings. The molecule has 2 saturated carbocycles. The number of ether oxygens (including phenoxy) is 2. The molecule has 2 heteroatoms. The van der Waals surface area contributed by atoms with Gasteiger partial charge in [0.25, 0.3) is 0 Å². The predicted molar refractivity (Wildman–Crippen MR) is 65.4 cm³/mol. The van der Waals surface area contributed by atoms with E-state index in [2.05, 4.69) is 25.2 Å². The predicted octanol–water partition coefficient (Wildman–Crippen LogP) is 3.05. The highest BCUT2D eigenvalue weighted by Crippen LogP contribution is 2.69. The van der Waals surface area contributed by atoms with Gasteiger partial charge < -0.3 is 9.47 Å². The van der Waals surface area contributed by atoms with Gasteiger partial charge in [-0.05, 0) is 24.7 Å². The SMILES string of the molecule is CC1C=CC=C2CCC3(CC24CC14)OCCO3. The Hall–Kier alpha value is -0.600. The van der Waals surface area contributed by atoms with Crippen LogP contribution in [0.15, 0.2) is 23.8 Å². The van der Waals surface area contributed by atoms with Crippen molar-refractivity contribution in [1.29, 1.82) is 0 Å². The van der Waals surface area contributed by atoms with Gasteiger partial charge in [0.1, 0.15) is 0 Å². The van der Waals surface area contributed by atoms with Gasteiger partial charge in [0.05, 0.1) is 13.2 Å². The van der Waals surface area contributed by atoms with E-state index in [0.29, 0.717) is 11.3 Å². The summed E-state index contributed by atoms with van der Waals surface area (Å²) in [7, 11) is 0. The Balaban J connectivity index is 1.67. The number of rotatable bonds is 0. The molecule has 3 atom stereocenters. The summed E-state index contributed by atoms with van der Waals surface area (Å²) >= 11 is 0. The molecule has 0 aromatic heterocycles. The van der Waals surface area contributed by atoms with Crippen LogP contribution < -0.4 is 0 Å². The van der Waals surface area contributed by atoms with Crippen molar-refractivity contribution < 1.29 is 9.47 Å². The highest BCUT2D eigenvalue weighted by Gasteiger charge is 2.64. The first kappa shape index (κ1) is 10.3. The molecule has 1 saturated heterocycles. The summed E-state index contributed by atoms with van der Waals surface area (Å²) in [5.74, 6) is 1.31. The standard InChI is InChI=1S/C15H20O2/c1-11-3-2-4-12-5-6-15(16-7-8-17-15)10-14(12)9-13(11)14/h2-4,11,13H,5-10H2,1H3. The van der Waals surface area contributed by atoms with E-state index >= 15 is 0 Å². The van der Waals surface area contributed by atoms with Crippen LogP contribution in [0.4, 0.5) is 0 Å². The average molecular weight is 232 g/mol. The van der Waals surface area contributed by atoms with Gasteiger partial charge in [-0.15, -0.1) is 0 Å². The quantitative estimate of drug-likeness (QED) is 0.639. The average Bonchev–Trinajstić information content (AvgIpc) is 2.87. The van der Waals surface area contributed by atoms with Crippen molar-refractivity contribution in [1.82, 2.24) is 0 Å². The van der Waals surface area contributed by atoms with Crippen LogP contribution in [0.1, 0.15) is 32.6 Å². The Morgan fingerprint density at radius 3 is 2.94 bits per heavy atom. The van der Waals surface area contributed by atoms with E-state index in [1.807, 2.05) is 0 Å². The van der Waals surface area contributed by atoms with Crippen LogP contribution >= 0.6 is 0 Å². The first-order valence-corrected chi connectivity index (χ1v) is 6.90. The zero-order valence-corrected chi connectivity index (χ0v) is 10.4. The van der Waals surface area contributed by atoms with Gasteiger partial charge in [-0.25, -0.2) is 0 Å². The molecule has 3 unspecified atom stereocenters. The summed E-state index contributed by atoms with van der Waals surface area (Å²) in [6.07, 6.45) is 11.7. The molecule has 0 bridgehead atoms. The lowest BCUT2D eigenvalue weighted by Gasteiger charge is -2.39. The van der Waals surface area contributed by atoms with Crippen LogP contribution in [0.2, 0.25) is 0 Å². The molecule has 2 spiro atoms. The summed E-state index contributed by atoms with van der Waals surface area (Å²) in [4.78, 5) is 0. The highest BCUT2D eigenvalue weighted by atomic mass is 16.7. The van der Waals surface area contributed by atoms with Crippen molar-refractivity contribution >= 4 is 0 Å². The van der Waals surface area contributed by atoms with Gasteiger partial charge >= 0.3 is 0 Å². The largest absolute Gasteiger partial charge is 0.347 e. The Labute approximate surface area is 103 Å². The second-order valence-corrected chi connectivity index (χ2v) is 6.19. The maximum absolute atomic E-state index is 5.93. The van der Waals surface area contributed by atoms with Gasteiger partial charge in [-0.1, -0.05) is 30.7 Å². The molecule has 1 heterocycles. The molecule has 0 amide bonds. The van der Waals surface area contributed by atoms with Gasteiger partial charge in [-0.3, -0.25) is 0 Å². The first-order chi connectivity index (χ1) is 8.24. The van der Waals surface area contributed by atoms with Gasteiger partial charge in [0.2, 0.25) is 0 Å². The number of hydrogen-bond acceptors (Lipinski definition) is 2. The van der Waals surface area contributed by atoms with Crippen molar-refractivity contribution in [2.45, 2.75) is 38.4 Å². The second-order valence-electron chi connectivity index (χ2n) is 6.19. The second kappa shape index (κ2) is 3.24. The Morgan fingerprint density at radius 2 is 2.12 bits per heavy atom. The summed E-state index contributed by atoms with van der Waals surface area (Å²) in [6.45, 7) is 3.92. The van der Waals surface area contributed by atoms with E-state index in [1.165, 1.54) is 6.42 Å². The maximum atomic E-state index is 5.93. The van der Waals surface area contributed by atoms with E-state index in [-0.39, 0.29) is 5.79 Å². The minimum absolute atomic E-state index is 0.226. The summed E-state index contributed by atoms with van der Waals surface area (Å²) in [5, 5.41) is 0. The molecular weight excluding hydrogens is 212 g/mol. The lowest BCUT2D eigenvalue weighted by molar-refractivity contribution is -0.183. The van der Waals surface area contributed by atoms with Crippen LogP contribution in [-0.4, -0.2) is 19.0 Å². The zero-order chi connectivity index (χ0) is 11.5. The van der Waals surface area contributed by atoms with E-state index in [0.717, 1.165) is 38.4 Å². The minimum atomic E-state index is -0.226. The van der Waals surface area contributed by atoms with Crippen molar-refractivity contribution in [2.24, 2.45) is 17.3 Å². The third-order valence-electron chi connectivity index (χ3n) is 5.29. The maximum Gasteiger partial charge on any atom is 0.169 e. The zero-order valence-electron chi connectivity index (χ0n) is 10.4. The molecule has 1 aliphatic heterocycles. The monoisotopic (exact) mass is 232 g/mol. The van der Waals surface area contributed by atoms with Gasteiger partial charge in [0, 0.05) is 18.3 Å². The molecule has 4 rings (SSSR count). The third kappa shape index (κ3) is 1.34. The molecule has 17 heavy (non-hydrogen) atoms. The van der Waals surface area contributed by atoms with Crippen LogP contribution in [0.5, 0.6) is 0 Å². The first-order valence-electron chi connectivity index (χ1n) is 6.90. The lowest BCUT2D eigenvalue weighted by Crippen LogP contribution is -2.39. The van der Waals surface area contributed by atoms with Gasteiger partial charge in [0.15, 0.2) is 5.79 Å². The molecule has 2 nitrogen and oxygen atoms in total. The van der Waals surface area contributed by atoms with E-state index < -0.39 is 0 Å². The number of hydrogen-bond donors (Lipinski definition) is 0. The van der Waals surface area contributed by atoms with Crippen molar-refractivity contribution in [3.63, 3.8) is 0 Å². The fraction of sp³-hybridized carbons (Fsp3) is 0.733. The molecule has 3 aliphatic carbocycles. The number of allylic oxidation sites excluding steroid dienone is 4. The van der Waals surface area contributed by atoms with Crippen LogP contribution in [0, 0.1) is 17.3 Å². The molecular formula is C15H20O2. The molecule has 0 aromatic rings. The molecule has 0 aromatic carbocycles. The van der Waals surface area contributed by atoms with Crippen LogP contribution in [0.25, 0.3) is 0 Å². The highest BCUT2D eigenvalue weighted by molar-refractivity contribution is 5.35. The van der Waals surface area contributed by atoms with E-state index in [9.17, 15) is 0 Å². The minimum Gasteiger partial charge on any atom is -0.347 e. The van der Waals surface area contributed by atoms with E-state index in [4.69, 9.17) is 9.47 Å². The van der Waals surface area contributed by atoms with E-state index in [1.54, 1.807) is 5.57 Å². The molecule has 0 radical (unpaired) electrons. The van der Waals surface area contributed by atoms with Crippen LogP contribution in [-0.2, 0) is 9.47 Å². The summed E-state index contributed by atoms with van der Waals surface area (Å²) < 4.78 is 11.9. The van der Waals surface area contributed by atoms with Crippen molar-refractivity contribution in [3.05, 3.63) is 23.8 Å². The smallest absolute Gasteiger partial charge is 0.169 e. The summed E-state index contributed by atoms with van der Waals surface area (Å²) in [6, 6.07) is 0. The van der Waals surface area contributed by atoms with Gasteiger partial charge in [-0.2, -0.15) is 0 Å². The lowest BCUT2D eigenvalue weighted by atomic mass is 9.75. The Kier molecular flexibility index (Phi) is 1.97. The van der Waals surface area contributed by atoms with Crippen LogP contribution in [0.3, 0.4) is 0 Å². The topological polar surface area (TPSA) is 18.5 Å². The molecule has 92 valence electrons. The normalized spacial score (nSPS) is 46.1.